The van der Waals surface area contributed by atoms with Crippen molar-refractivity contribution in [3.63, 3.8) is 0 Å². The molecule has 0 aromatic heterocycles. The molecule has 1 rings (SSSR count). The summed E-state index contributed by atoms with van der Waals surface area (Å²) < 4.78 is 31.6. The van der Waals surface area contributed by atoms with E-state index in [-0.39, 0.29) is 30.8 Å². The van der Waals surface area contributed by atoms with Gasteiger partial charge in [0.05, 0.1) is 18.9 Å². The fraction of sp³-hybridized carbons (Fsp3) is 0.562. The van der Waals surface area contributed by atoms with Crippen molar-refractivity contribution in [2.75, 3.05) is 26.8 Å². The number of methoxy groups -OCH3 is 1. The molecule has 0 radical (unpaired) electrons. The van der Waals surface area contributed by atoms with Crippen LogP contribution in [-0.4, -0.2) is 47.2 Å². The van der Waals surface area contributed by atoms with E-state index in [1.165, 1.54) is 0 Å². The van der Waals surface area contributed by atoms with E-state index in [4.69, 9.17) is 4.74 Å². The number of carbonyl (C=O) groups is 1. The molecule has 0 saturated carbocycles. The Morgan fingerprint density at radius 3 is 2.50 bits per heavy atom. The van der Waals surface area contributed by atoms with E-state index in [0.717, 1.165) is 5.56 Å². The van der Waals surface area contributed by atoms with Crippen molar-refractivity contribution in [3.05, 3.63) is 35.4 Å². The molecule has 7 nitrogen and oxygen atoms in total. The van der Waals surface area contributed by atoms with Crippen molar-refractivity contribution < 1.29 is 17.9 Å². The fourth-order valence-electron chi connectivity index (χ4n) is 2.11. The average molecular weight is 357 g/mol. The van der Waals surface area contributed by atoms with Gasteiger partial charge in [-0.15, -0.1) is 0 Å². The van der Waals surface area contributed by atoms with Crippen LogP contribution >= 0.6 is 0 Å². The quantitative estimate of drug-likeness (QED) is 0.497. The zero-order valence-corrected chi connectivity index (χ0v) is 15.3. The van der Waals surface area contributed by atoms with Crippen LogP contribution < -0.4 is 15.4 Å². The highest BCUT2D eigenvalue weighted by atomic mass is 32.2. The van der Waals surface area contributed by atoms with Crippen LogP contribution in [0.1, 0.15) is 25.0 Å². The van der Waals surface area contributed by atoms with Gasteiger partial charge in [-0.25, -0.2) is 13.1 Å². The molecule has 0 bridgehead atoms. The van der Waals surface area contributed by atoms with Gasteiger partial charge < -0.3 is 15.4 Å². The molecule has 1 aromatic carbocycles. The molecule has 1 amide bonds. The third-order valence-electron chi connectivity index (χ3n) is 3.12. The van der Waals surface area contributed by atoms with Crippen molar-refractivity contribution in [2.24, 2.45) is 0 Å². The highest BCUT2D eigenvalue weighted by molar-refractivity contribution is 7.88. The predicted molar refractivity (Wildman–Crippen MR) is 93.9 cm³/mol. The molecule has 0 atom stereocenters. The monoisotopic (exact) mass is 357 g/mol. The van der Waals surface area contributed by atoms with Gasteiger partial charge in [0.25, 0.3) is 0 Å². The molecule has 0 unspecified atom stereocenters. The Kier molecular flexibility index (Phi) is 8.91. The lowest BCUT2D eigenvalue weighted by Gasteiger charge is -2.13. The highest BCUT2D eigenvalue weighted by Gasteiger charge is 2.15. The maximum atomic E-state index is 12.1. The predicted octanol–water partition coefficient (Wildman–Crippen LogP) is 0.367. The molecular weight excluding hydrogens is 330 g/mol. The fourth-order valence-corrected chi connectivity index (χ4v) is 3.60. The first-order valence-electron chi connectivity index (χ1n) is 7.87. The first-order chi connectivity index (χ1) is 11.3. The topological polar surface area (TPSA) is 96.5 Å². The maximum Gasteiger partial charge on any atom is 0.234 e. The molecule has 0 aliphatic heterocycles. The number of benzene rings is 1. The zero-order chi connectivity index (χ0) is 18.0. The van der Waals surface area contributed by atoms with Crippen molar-refractivity contribution in [3.8, 4) is 0 Å². The van der Waals surface area contributed by atoms with Crippen LogP contribution in [0.25, 0.3) is 0 Å². The first-order valence-corrected chi connectivity index (χ1v) is 9.52. The molecule has 136 valence electrons. The van der Waals surface area contributed by atoms with E-state index in [0.29, 0.717) is 18.7 Å². The van der Waals surface area contributed by atoms with Gasteiger partial charge in [-0.2, -0.15) is 0 Å². The molecule has 0 heterocycles. The van der Waals surface area contributed by atoms with Gasteiger partial charge in [-0.05, 0) is 25.0 Å². The lowest BCUT2D eigenvalue weighted by molar-refractivity contribution is -0.120. The molecule has 1 aromatic rings. The highest BCUT2D eigenvalue weighted by Crippen LogP contribution is 2.12. The lowest BCUT2D eigenvalue weighted by atomic mass is 10.1. The SMILES string of the molecule is COCCNCC(=O)NCc1ccccc1CS(=O)(=O)NC(C)C. The standard InChI is InChI=1S/C16H27N3O4S/c1-13(2)19-24(21,22)12-15-7-5-4-6-14(15)10-18-16(20)11-17-8-9-23-3/h4-7,13,17,19H,8-12H2,1-3H3,(H,18,20). The van der Waals surface area contributed by atoms with Gasteiger partial charge in [0.1, 0.15) is 0 Å². The second-order valence-electron chi connectivity index (χ2n) is 5.75. The third kappa shape index (κ3) is 8.39. The van der Waals surface area contributed by atoms with E-state index in [9.17, 15) is 13.2 Å². The smallest absolute Gasteiger partial charge is 0.234 e. The second-order valence-corrected chi connectivity index (χ2v) is 7.50. The van der Waals surface area contributed by atoms with E-state index in [2.05, 4.69) is 15.4 Å². The Morgan fingerprint density at radius 2 is 1.88 bits per heavy atom. The average Bonchev–Trinajstić information content (AvgIpc) is 2.49. The van der Waals surface area contributed by atoms with Gasteiger partial charge in [0, 0.05) is 26.2 Å². The van der Waals surface area contributed by atoms with Crippen molar-refractivity contribution in [2.45, 2.75) is 32.2 Å². The summed E-state index contributed by atoms with van der Waals surface area (Å²) in [5.41, 5.74) is 1.47. The maximum absolute atomic E-state index is 12.1. The Bertz CT molecular complexity index is 618. The minimum Gasteiger partial charge on any atom is -0.383 e. The molecule has 0 aliphatic rings. The van der Waals surface area contributed by atoms with Gasteiger partial charge in [-0.1, -0.05) is 24.3 Å². The summed E-state index contributed by atoms with van der Waals surface area (Å²) in [6.07, 6.45) is 0. The number of hydrogen-bond donors (Lipinski definition) is 3. The molecule has 3 N–H and O–H groups in total. The molecule has 24 heavy (non-hydrogen) atoms. The van der Waals surface area contributed by atoms with Gasteiger partial charge in [0.2, 0.25) is 15.9 Å². The van der Waals surface area contributed by atoms with Crippen LogP contribution in [0.5, 0.6) is 0 Å². The summed E-state index contributed by atoms with van der Waals surface area (Å²) in [6, 6.07) is 7.04. The molecule has 0 saturated heterocycles. The summed E-state index contributed by atoms with van der Waals surface area (Å²) in [5, 5.41) is 5.74. The number of sulfonamides is 1. The molecule has 0 fully saturated rings. The number of hydrogen-bond acceptors (Lipinski definition) is 5. The van der Waals surface area contributed by atoms with Crippen LogP contribution in [-0.2, 0) is 31.9 Å². The Morgan fingerprint density at radius 1 is 1.21 bits per heavy atom. The van der Waals surface area contributed by atoms with E-state index >= 15 is 0 Å². The van der Waals surface area contributed by atoms with Crippen LogP contribution in [0.2, 0.25) is 0 Å². The molecule has 8 heteroatoms. The summed E-state index contributed by atoms with van der Waals surface area (Å²) in [4.78, 5) is 11.8. The van der Waals surface area contributed by atoms with Gasteiger partial charge in [-0.3, -0.25) is 4.79 Å². The number of amides is 1. The minimum atomic E-state index is -3.40. The Labute approximate surface area is 144 Å². The van der Waals surface area contributed by atoms with E-state index in [1.54, 1.807) is 33.1 Å². The summed E-state index contributed by atoms with van der Waals surface area (Å²) in [6.45, 7) is 5.17. The van der Waals surface area contributed by atoms with Crippen LogP contribution in [0.3, 0.4) is 0 Å². The minimum absolute atomic E-state index is 0.108. The van der Waals surface area contributed by atoms with Crippen LogP contribution in [0.15, 0.2) is 24.3 Å². The first kappa shape index (κ1) is 20.6. The lowest BCUT2D eigenvalue weighted by Crippen LogP contribution is -2.35. The number of ether oxygens (including phenoxy) is 1. The molecule has 0 aliphatic carbocycles. The number of nitrogens with one attached hydrogen (secondary N) is 3. The molecular formula is C16H27N3O4S. The largest absolute Gasteiger partial charge is 0.383 e. The summed E-state index contributed by atoms with van der Waals surface area (Å²) in [5.74, 6) is -0.257. The van der Waals surface area contributed by atoms with E-state index in [1.807, 2.05) is 12.1 Å². The van der Waals surface area contributed by atoms with Crippen molar-refractivity contribution >= 4 is 15.9 Å². The number of carbonyl (C=O) groups excluding carboxylic acids is 1. The van der Waals surface area contributed by atoms with Gasteiger partial charge >= 0.3 is 0 Å². The van der Waals surface area contributed by atoms with Crippen LogP contribution in [0, 0.1) is 0 Å². The van der Waals surface area contributed by atoms with E-state index < -0.39 is 10.0 Å². The second kappa shape index (κ2) is 10.4. The molecule has 0 spiro atoms. The van der Waals surface area contributed by atoms with Crippen molar-refractivity contribution in [1.82, 2.24) is 15.4 Å². The summed E-state index contributed by atoms with van der Waals surface area (Å²) >= 11 is 0. The Hall–Kier alpha value is -1.48. The number of rotatable bonds is 11. The van der Waals surface area contributed by atoms with Gasteiger partial charge in [0.15, 0.2) is 0 Å². The zero-order valence-electron chi connectivity index (χ0n) is 14.5. The van der Waals surface area contributed by atoms with Crippen molar-refractivity contribution in [1.29, 1.82) is 0 Å². The Balaban J connectivity index is 2.59. The summed E-state index contributed by atoms with van der Waals surface area (Å²) in [7, 11) is -1.81. The normalized spacial score (nSPS) is 11.7. The third-order valence-corrected chi connectivity index (χ3v) is 4.65. The van der Waals surface area contributed by atoms with Crippen LogP contribution in [0.4, 0.5) is 0 Å².